The summed E-state index contributed by atoms with van der Waals surface area (Å²) in [5.74, 6) is 1.87. The minimum absolute atomic E-state index is 0.0339. The molecule has 5 N–H and O–H groups in total. The van der Waals surface area contributed by atoms with Crippen LogP contribution in [0, 0.1) is 11.8 Å². The number of hydrogen-bond acceptors (Lipinski definition) is 10. The van der Waals surface area contributed by atoms with Crippen molar-refractivity contribution in [2.75, 3.05) is 31.5 Å². The van der Waals surface area contributed by atoms with Crippen LogP contribution in [0.15, 0.2) is 71.9 Å². The highest BCUT2D eigenvalue weighted by Crippen LogP contribution is 2.42. The van der Waals surface area contributed by atoms with Crippen molar-refractivity contribution in [2.24, 2.45) is 28.3 Å². The number of hydrogen-bond donors (Lipinski definition) is 3. The summed E-state index contributed by atoms with van der Waals surface area (Å²) in [6, 6.07) is 10.5. The molecule has 12 heteroatoms. The zero-order valence-electron chi connectivity index (χ0n) is 24.1. The Morgan fingerprint density at radius 3 is 2.32 bits per heavy atom. The van der Waals surface area contributed by atoms with Crippen molar-refractivity contribution < 1.29 is 22.6 Å². The first-order chi connectivity index (χ1) is 19.5. The van der Waals surface area contributed by atoms with Crippen molar-refractivity contribution in [2.45, 2.75) is 33.1 Å². The van der Waals surface area contributed by atoms with E-state index in [2.05, 4.69) is 34.8 Å². The fourth-order valence-electron chi connectivity index (χ4n) is 4.62. The van der Waals surface area contributed by atoms with Crippen LogP contribution < -0.4 is 35.3 Å². The van der Waals surface area contributed by atoms with Gasteiger partial charge in [-0.25, -0.2) is 18.4 Å². The number of pyridine rings is 1. The number of para-hydroxylation sites is 1. The first kappa shape index (κ1) is 31.3. The molecule has 0 amide bonds. The van der Waals surface area contributed by atoms with Crippen molar-refractivity contribution in [1.82, 2.24) is 9.71 Å². The minimum atomic E-state index is -3.58. The van der Waals surface area contributed by atoms with E-state index in [1.165, 1.54) is 25.3 Å². The minimum Gasteiger partial charge on any atom is -0.494 e. The average molecular weight is 585 g/mol. The Morgan fingerprint density at radius 1 is 1.10 bits per heavy atom. The van der Waals surface area contributed by atoms with Crippen LogP contribution >= 0.6 is 0 Å². The molecule has 0 unspecified atom stereocenters. The van der Waals surface area contributed by atoms with Crippen molar-refractivity contribution in [3.63, 3.8) is 0 Å². The topological polar surface area (TPSA) is 154 Å². The van der Waals surface area contributed by atoms with Gasteiger partial charge < -0.3 is 25.7 Å². The molecule has 1 aromatic carbocycles. The summed E-state index contributed by atoms with van der Waals surface area (Å²) in [5, 5.41) is 0. The number of benzene rings is 1. The highest BCUT2D eigenvalue weighted by Gasteiger charge is 2.31. The molecule has 222 valence electrons. The van der Waals surface area contributed by atoms with Gasteiger partial charge in [0, 0.05) is 6.07 Å². The van der Waals surface area contributed by atoms with Gasteiger partial charge in [0.25, 0.3) is 0 Å². The maximum atomic E-state index is 12.6. The van der Waals surface area contributed by atoms with E-state index in [1.54, 1.807) is 36.4 Å². The van der Waals surface area contributed by atoms with Crippen LogP contribution in [0.4, 0.5) is 5.69 Å². The van der Waals surface area contributed by atoms with E-state index in [0.717, 1.165) is 19.3 Å². The molecule has 3 rings (SSSR count). The predicted molar refractivity (Wildman–Crippen MR) is 163 cm³/mol. The van der Waals surface area contributed by atoms with Gasteiger partial charge in [0.2, 0.25) is 15.9 Å². The second kappa shape index (κ2) is 13.9. The van der Waals surface area contributed by atoms with E-state index in [9.17, 15) is 8.42 Å². The Labute approximate surface area is 242 Å². The molecule has 11 nitrogen and oxygen atoms in total. The van der Waals surface area contributed by atoms with E-state index in [1.807, 2.05) is 6.92 Å². The Kier molecular flexibility index (Phi) is 10.6. The molecule has 0 saturated heterocycles. The molecular formula is C29H40N6O5S. The highest BCUT2D eigenvalue weighted by atomic mass is 32.2. The van der Waals surface area contributed by atoms with E-state index < -0.39 is 10.0 Å². The molecule has 0 aliphatic heterocycles. The van der Waals surface area contributed by atoms with Gasteiger partial charge in [0.15, 0.2) is 11.6 Å². The number of nitrogens with two attached hydrogens (primary N) is 2. The number of nitrogens with zero attached hydrogens (tertiary/aromatic N) is 3. The summed E-state index contributed by atoms with van der Waals surface area (Å²) in [7, 11) is -0.562. The van der Waals surface area contributed by atoms with Crippen LogP contribution in [0.25, 0.3) is 5.70 Å². The molecule has 41 heavy (non-hydrogen) atoms. The van der Waals surface area contributed by atoms with Crippen LogP contribution in [0.3, 0.4) is 0 Å². The molecule has 1 saturated carbocycles. The number of aliphatic imine (C=N–C) groups is 1. The Balaban J connectivity index is 1.94. The number of nitrogens with one attached hydrogen (secondary N) is 1. The van der Waals surface area contributed by atoms with E-state index in [0.29, 0.717) is 47.0 Å². The Bertz CT molecular complexity index is 1390. The molecular weight excluding hydrogens is 544 g/mol. The Hall–Kier alpha value is -4.19. The quantitative estimate of drug-likeness (QED) is 0.264. The third-order valence-corrected chi connectivity index (χ3v) is 8.21. The number of ether oxygens (including phenoxy) is 3. The third kappa shape index (κ3) is 7.94. The van der Waals surface area contributed by atoms with E-state index in [-0.39, 0.29) is 29.0 Å². The summed E-state index contributed by atoms with van der Waals surface area (Å²) >= 11 is 0. The molecule has 1 fully saturated rings. The SMILES string of the molecule is C=C(C=N/C(N)=C(\N)N(C(=C)c1cccc(OCC)n1)c1c(OC)cccc1OC)NS(=O)(=O)CC1CC(CC)C1. The maximum Gasteiger partial charge on any atom is 0.233 e. The molecule has 2 aromatic rings. The molecule has 0 spiro atoms. The normalized spacial score (nSPS) is 17.3. The fraction of sp³-hybridized carbons (Fsp3) is 0.379. The molecule has 0 atom stereocenters. The van der Waals surface area contributed by atoms with Gasteiger partial charge in [0.05, 0.1) is 49.9 Å². The zero-order valence-corrected chi connectivity index (χ0v) is 24.9. The number of methoxy groups -OCH3 is 2. The lowest BCUT2D eigenvalue weighted by Crippen LogP contribution is -2.35. The van der Waals surface area contributed by atoms with Gasteiger partial charge in [-0.3, -0.25) is 9.62 Å². The lowest BCUT2D eigenvalue weighted by Gasteiger charge is -2.34. The first-order valence-corrected chi connectivity index (χ1v) is 15.0. The summed E-state index contributed by atoms with van der Waals surface area (Å²) in [6.45, 7) is 12.4. The standard InChI is InChI=1S/C29H40N6O5S/c1-7-21-15-22(16-21)18-41(36,37)34-19(3)17-32-28(30)29(31)35(27-24(38-5)12-10-13-25(27)39-6)20(4)23-11-9-14-26(33-23)40-8-2/h9-14,17,21-22,34H,3-4,7-8,15-16,18,30-31H2,1-2,5-6H3/b29-28+,32-17?. The number of anilines is 1. The van der Waals surface area contributed by atoms with Crippen molar-refractivity contribution in [3.8, 4) is 17.4 Å². The van der Waals surface area contributed by atoms with Gasteiger partial charge >= 0.3 is 0 Å². The third-order valence-electron chi connectivity index (χ3n) is 6.72. The molecule has 1 aromatic heterocycles. The number of rotatable bonds is 15. The largest absolute Gasteiger partial charge is 0.494 e. The van der Waals surface area contributed by atoms with Crippen molar-refractivity contribution in [3.05, 3.63) is 72.6 Å². The smallest absolute Gasteiger partial charge is 0.233 e. The maximum absolute atomic E-state index is 12.6. The summed E-state index contributed by atoms with van der Waals surface area (Å²) in [4.78, 5) is 10.2. The van der Waals surface area contributed by atoms with Crippen LogP contribution in [0.2, 0.25) is 0 Å². The van der Waals surface area contributed by atoms with Gasteiger partial charge in [-0.2, -0.15) is 0 Å². The number of sulfonamides is 1. The summed E-state index contributed by atoms with van der Waals surface area (Å²) < 4.78 is 44.4. The number of aromatic nitrogens is 1. The second-order valence-corrected chi connectivity index (χ2v) is 11.4. The lowest BCUT2D eigenvalue weighted by atomic mass is 9.75. The predicted octanol–water partition coefficient (Wildman–Crippen LogP) is 3.96. The monoisotopic (exact) mass is 584 g/mol. The molecule has 1 aliphatic carbocycles. The number of allylic oxidation sites excluding steroid dienone is 1. The fourth-order valence-corrected chi connectivity index (χ4v) is 6.05. The van der Waals surface area contributed by atoms with Crippen molar-refractivity contribution in [1.29, 1.82) is 0 Å². The lowest BCUT2D eigenvalue weighted by molar-refractivity contribution is 0.208. The van der Waals surface area contributed by atoms with E-state index in [4.69, 9.17) is 25.7 Å². The average Bonchev–Trinajstić information content (AvgIpc) is 2.93. The van der Waals surface area contributed by atoms with Gasteiger partial charge in [-0.1, -0.05) is 38.6 Å². The Morgan fingerprint density at radius 2 is 1.73 bits per heavy atom. The molecule has 1 heterocycles. The van der Waals surface area contributed by atoms with Crippen LogP contribution in [0.1, 0.15) is 38.8 Å². The summed E-state index contributed by atoms with van der Waals surface area (Å²) in [5.41, 5.74) is 14.1. The van der Waals surface area contributed by atoms with Crippen LogP contribution in [-0.2, 0) is 10.0 Å². The first-order valence-electron chi connectivity index (χ1n) is 13.3. The second-order valence-electron chi connectivity index (χ2n) is 9.64. The zero-order chi connectivity index (χ0) is 30.2. The van der Waals surface area contributed by atoms with Gasteiger partial charge in [0.1, 0.15) is 17.2 Å². The summed E-state index contributed by atoms with van der Waals surface area (Å²) in [6.07, 6.45) is 4.11. The highest BCUT2D eigenvalue weighted by molar-refractivity contribution is 7.89. The van der Waals surface area contributed by atoms with Crippen LogP contribution in [-0.4, -0.2) is 46.2 Å². The van der Waals surface area contributed by atoms with Crippen molar-refractivity contribution >= 4 is 27.6 Å². The van der Waals surface area contributed by atoms with E-state index >= 15 is 0 Å². The molecule has 0 radical (unpaired) electrons. The molecule has 1 aliphatic rings. The van der Waals surface area contributed by atoms with Gasteiger partial charge in [-0.15, -0.1) is 0 Å². The van der Waals surface area contributed by atoms with Gasteiger partial charge in [-0.05, 0) is 49.8 Å². The molecule has 0 bridgehead atoms. The van der Waals surface area contributed by atoms with Crippen LogP contribution in [0.5, 0.6) is 17.4 Å².